The third kappa shape index (κ3) is 3.65. The Kier molecular flexibility index (Phi) is 1.79. The molecule has 2 N–H and O–H groups in total. The van der Waals surface area contributed by atoms with Crippen LogP contribution in [0.4, 0.5) is 4.79 Å². The van der Waals surface area contributed by atoms with Crippen LogP contribution in [0.25, 0.3) is 0 Å². The van der Waals surface area contributed by atoms with Crippen molar-refractivity contribution in [2.45, 2.75) is 0 Å². The summed E-state index contributed by atoms with van der Waals surface area (Å²) in [4.78, 5) is 9.33. The molecule has 0 aromatic carbocycles. The first-order valence-electron chi connectivity index (χ1n) is 0.908. The van der Waals surface area contributed by atoms with E-state index in [2.05, 4.69) is 12.6 Å². The molecule has 0 rings (SSSR count). The largest absolute Gasteiger partial charge is 0.325 e. The lowest BCUT2D eigenvalue weighted by molar-refractivity contribution is 0.260. The van der Waals surface area contributed by atoms with Crippen LogP contribution >= 0.6 is 12.6 Å². The van der Waals surface area contributed by atoms with Gasteiger partial charge in [-0.3, -0.25) is 10.2 Å². The highest BCUT2D eigenvalue weighted by Gasteiger charge is 1.78. The maximum absolute atomic E-state index is 9.33. The van der Waals surface area contributed by atoms with Gasteiger partial charge in [0.25, 0.3) is 0 Å². The van der Waals surface area contributed by atoms with E-state index in [0.717, 1.165) is 0 Å². The van der Waals surface area contributed by atoms with Crippen molar-refractivity contribution >= 4 is 17.9 Å². The van der Waals surface area contributed by atoms with Gasteiger partial charge in [0.05, 0.1) is 0 Å². The molecule has 0 atom stereocenters. The van der Waals surface area contributed by atoms with E-state index in [0.29, 0.717) is 0 Å². The molecule has 0 bridgehead atoms. The van der Waals surface area contributed by atoms with Gasteiger partial charge in [0.2, 0.25) is 0 Å². The molecule has 0 fully saturated rings. The summed E-state index contributed by atoms with van der Waals surface area (Å²) < 4.78 is 0. The van der Waals surface area contributed by atoms with Gasteiger partial charge < -0.3 is 0 Å². The van der Waals surface area contributed by atoms with Crippen molar-refractivity contribution in [3.63, 3.8) is 0 Å². The van der Waals surface area contributed by atoms with Crippen LogP contribution in [0.3, 0.4) is 0 Å². The Hall–Kier alpha value is -0.350. The predicted molar refractivity (Wildman–Crippen MR) is 19.2 cm³/mol. The first kappa shape index (κ1) is 4.65. The standard InChI is InChI=1S/CH2N2OS/c2-3-1(4)5/h2H,(H,3,4). The second-order valence-electron chi connectivity index (χ2n) is 0.412. The zero-order valence-electron chi connectivity index (χ0n) is 2.32. The van der Waals surface area contributed by atoms with Crippen molar-refractivity contribution in [1.82, 2.24) is 11.3 Å². The number of amides is 1. The molecule has 0 unspecified atom stereocenters. The maximum atomic E-state index is 9.33. The molecule has 4 heteroatoms. The Morgan fingerprint density at radius 3 is 2.20 bits per heavy atom. The highest BCUT2D eigenvalue weighted by molar-refractivity contribution is 7.96. The van der Waals surface area contributed by atoms with Crippen molar-refractivity contribution in [2.24, 2.45) is 0 Å². The predicted octanol–water partition coefficient (Wildman–Crippen LogP) is 0.0914. The van der Waals surface area contributed by atoms with Crippen molar-refractivity contribution in [3.8, 4) is 0 Å². The summed E-state index contributed by atoms with van der Waals surface area (Å²) in [5, 5.41) is -0.745. The lowest BCUT2D eigenvalue weighted by atomic mass is 11.4. The number of nitrogens with one attached hydrogen (secondary N) is 2. The summed E-state index contributed by atoms with van der Waals surface area (Å²) >= 11 is 3.84. The van der Waals surface area contributed by atoms with Crippen molar-refractivity contribution < 1.29 is 4.79 Å². The first-order valence-corrected chi connectivity index (χ1v) is 1.32. The van der Waals surface area contributed by atoms with E-state index in [9.17, 15) is 4.79 Å². The number of carbonyl (C=O) groups excluding carboxylic acids is 1. The van der Waals surface area contributed by atoms with Crippen LogP contribution in [0, 0.1) is 0 Å². The van der Waals surface area contributed by atoms with Gasteiger partial charge in [0.1, 0.15) is 0 Å². The van der Waals surface area contributed by atoms with Crippen LogP contribution in [0.1, 0.15) is 0 Å². The van der Waals surface area contributed by atoms with E-state index in [1.807, 2.05) is 0 Å². The van der Waals surface area contributed by atoms with Crippen molar-refractivity contribution in [3.05, 3.63) is 0 Å². The molecule has 0 saturated heterocycles. The molecule has 0 spiro atoms. The van der Waals surface area contributed by atoms with Crippen LogP contribution < -0.4 is 11.3 Å². The molecule has 0 aliphatic carbocycles. The summed E-state index contributed by atoms with van der Waals surface area (Å²) in [5.41, 5.74) is 1.45. The van der Waals surface area contributed by atoms with Crippen LogP contribution in [0.5, 0.6) is 0 Å². The SMILES string of the molecule is [NH]NC(=O)[S]. The smallest absolute Gasteiger partial charge is 0.263 e. The van der Waals surface area contributed by atoms with Gasteiger partial charge in [0, 0.05) is 0 Å². The average molecular weight is 90.1 g/mol. The summed E-state index contributed by atoms with van der Waals surface area (Å²) in [6.45, 7) is 0. The average Bonchev–Trinajstić information content (AvgIpc) is 1.38. The van der Waals surface area contributed by atoms with Crippen molar-refractivity contribution in [2.75, 3.05) is 0 Å². The first-order chi connectivity index (χ1) is 2.27. The van der Waals surface area contributed by atoms with Gasteiger partial charge in [-0.2, -0.15) is 5.84 Å². The zero-order valence-corrected chi connectivity index (χ0v) is 3.13. The molecule has 0 aliphatic heterocycles. The fourth-order valence-electron chi connectivity index (χ4n) is 0. The minimum Gasteiger partial charge on any atom is -0.263 e. The van der Waals surface area contributed by atoms with E-state index >= 15 is 0 Å². The highest BCUT2D eigenvalue weighted by atomic mass is 32.1. The van der Waals surface area contributed by atoms with Crippen molar-refractivity contribution in [1.29, 1.82) is 0 Å². The van der Waals surface area contributed by atoms with E-state index in [1.165, 1.54) is 5.43 Å². The molecule has 0 aromatic heterocycles. The van der Waals surface area contributed by atoms with E-state index in [1.54, 1.807) is 0 Å². The lowest BCUT2D eigenvalue weighted by Gasteiger charge is -1.75. The fourth-order valence-corrected chi connectivity index (χ4v) is 0. The molecule has 3 nitrogen and oxygen atoms in total. The Bertz CT molecular complexity index is 44.9. The molecule has 0 heterocycles. The van der Waals surface area contributed by atoms with Crippen LogP contribution in [0.15, 0.2) is 0 Å². The highest BCUT2D eigenvalue weighted by Crippen LogP contribution is 1.66. The normalized spacial score (nSPS) is 6.60. The number of carbonyl (C=O) groups is 1. The Balaban J connectivity index is 2.85. The molecular weight excluding hydrogens is 88.1 g/mol. The molecule has 2 radical (unpaired) electrons. The van der Waals surface area contributed by atoms with Gasteiger partial charge in [0.15, 0.2) is 0 Å². The van der Waals surface area contributed by atoms with E-state index in [4.69, 9.17) is 5.84 Å². The van der Waals surface area contributed by atoms with Gasteiger partial charge >= 0.3 is 5.24 Å². The van der Waals surface area contributed by atoms with E-state index in [-0.39, 0.29) is 0 Å². The lowest BCUT2D eigenvalue weighted by Crippen LogP contribution is -2.11. The van der Waals surface area contributed by atoms with Gasteiger partial charge in [-0.15, -0.1) is 0 Å². The second kappa shape index (κ2) is 1.92. The molecular formula is CH2N2OS. The van der Waals surface area contributed by atoms with Gasteiger partial charge in [-0.25, -0.2) is 0 Å². The molecule has 0 aromatic rings. The third-order valence-electron chi connectivity index (χ3n) is 0.102. The summed E-state index contributed by atoms with van der Waals surface area (Å²) in [7, 11) is 0. The summed E-state index contributed by atoms with van der Waals surface area (Å²) in [6, 6.07) is 0. The molecule has 28 valence electrons. The third-order valence-corrected chi connectivity index (χ3v) is 0.204. The Labute approximate surface area is 34.9 Å². The Morgan fingerprint density at radius 2 is 2.20 bits per heavy atom. The summed E-state index contributed by atoms with van der Waals surface area (Å²) in [5.74, 6) is 5.95. The second-order valence-corrected chi connectivity index (χ2v) is 0.783. The quantitative estimate of drug-likeness (QED) is 0.421. The monoisotopic (exact) mass is 90.0 g/mol. The van der Waals surface area contributed by atoms with Gasteiger partial charge in [-0.05, 0) is 12.6 Å². The minimum absolute atomic E-state index is 0.745. The number of hydrogen-bond acceptors (Lipinski definition) is 1. The molecule has 5 heavy (non-hydrogen) atoms. The molecule has 0 saturated carbocycles. The maximum Gasteiger partial charge on any atom is 0.325 e. The fraction of sp³-hybridized carbons (Fsp3) is 0. The van der Waals surface area contributed by atoms with E-state index < -0.39 is 5.24 Å². The van der Waals surface area contributed by atoms with Crippen LogP contribution in [-0.2, 0) is 0 Å². The molecule has 0 aliphatic rings. The molecule has 1 amide bonds. The zero-order chi connectivity index (χ0) is 4.28. The number of rotatable bonds is 0. The number of hydrogen-bond donors (Lipinski definition) is 1. The minimum atomic E-state index is -0.745. The topological polar surface area (TPSA) is 52.9 Å². The summed E-state index contributed by atoms with van der Waals surface area (Å²) in [6.07, 6.45) is 0. The van der Waals surface area contributed by atoms with Crippen LogP contribution in [-0.4, -0.2) is 5.24 Å². The van der Waals surface area contributed by atoms with Crippen LogP contribution in [0.2, 0.25) is 0 Å². The Morgan fingerprint density at radius 1 is 2.00 bits per heavy atom. The van der Waals surface area contributed by atoms with Gasteiger partial charge in [-0.1, -0.05) is 0 Å².